The lowest BCUT2D eigenvalue weighted by atomic mass is 10.0. The molecule has 1 amide bonds. The minimum Gasteiger partial charge on any atom is -0.457 e. The van der Waals surface area contributed by atoms with Crippen LogP contribution in [0.2, 0.25) is 0 Å². The second kappa shape index (κ2) is 13.6. The Bertz CT molecular complexity index is 1290. The molecule has 1 saturated heterocycles. The average molecular weight is 551 g/mol. The number of anilines is 1. The maximum atomic E-state index is 12.7. The van der Waals surface area contributed by atoms with Crippen molar-refractivity contribution in [2.75, 3.05) is 24.1 Å². The highest BCUT2D eigenvalue weighted by Gasteiger charge is 2.24. The number of likely N-dealkylation sites (tertiary alicyclic amines) is 1. The molecule has 4 rings (SSSR count). The summed E-state index contributed by atoms with van der Waals surface area (Å²) < 4.78 is 31.0. The number of nitrogens with one attached hydrogen (secondary N) is 3. The molecular formula is C30H38N4O4S. The second-order valence-corrected chi connectivity index (χ2v) is 11.8. The summed E-state index contributed by atoms with van der Waals surface area (Å²) in [7, 11) is -3.30. The summed E-state index contributed by atoms with van der Waals surface area (Å²) in [6.07, 6.45) is 3.90. The van der Waals surface area contributed by atoms with Crippen LogP contribution in [0.15, 0.2) is 78.9 Å². The minimum atomic E-state index is -3.30. The fourth-order valence-corrected chi connectivity index (χ4v) is 5.26. The highest BCUT2D eigenvalue weighted by atomic mass is 32.2. The summed E-state index contributed by atoms with van der Waals surface area (Å²) in [5.41, 5.74) is 2.82. The number of benzene rings is 3. The number of piperidine rings is 1. The molecule has 8 nitrogen and oxygen atoms in total. The molecule has 0 aromatic heterocycles. The van der Waals surface area contributed by atoms with Gasteiger partial charge in [-0.1, -0.05) is 49.4 Å². The molecular weight excluding hydrogens is 512 g/mol. The van der Waals surface area contributed by atoms with Gasteiger partial charge in [-0.15, -0.1) is 0 Å². The summed E-state index contributed by atoms with van der Waals surface area (Å²) in [6.45, 7) is 5.42. The van der Waals surface area contributed by atoms with E-state index in [4.69, 9.17) is 4.74 Å². The molecule has 1 fully saturated rings. The zero-order chi connectivity index (χ0) is 27.7. The Kier molecular flexibility index (Phi) is 9.97. The van der Waals surface area contributed by atoms with Gasteiger partial charge in [-0.3, -0.25) is 14.4 Å². The Morgan fingerprint density at radius 1 is 0.923 bits per heavy atom. The van der Waals surface area contributed by atoms with Gasteiger partial charge in [-0.2, -0.15) is 0 Å². The van der Waals surface area contributed by atoms with E-state index in [0.717, 1.165) is 56.5 Å². The Morgan fingerprint density at radius 3 is 2.13 bits per heavy atom. The van der Waals surface area contributed by atoms with E-state index in [9.17, 15) is 13.2 Å². The fraction of sp³-hybridized carbons (Fsp3) is 0.367. The van der Waals surface area contributed by atoms with Crippen LogP contribution in [0.25, 0.3) is 0 Å². The van der Waals surface area contributed by atoms with Gasteiger partial charge in [0.1, 0.15) is 11.5 Å². The average Bonchev–Trinajstić information content (AvgIpc) is 2.93. The zero-order valence-corrected chi connectivity index (χ0v) is 23.4. The van der Waals surface area contributed by atoms with E-state index in [2.05, 4.69) is 32.4 Å². The standard InChI is InChI=1S/C30H38N4O4S/c1-3-29(30(35)31-21-23-7-5-4-6-8-23)32-25-17-19-34(20-18-25)22-24-9-13-27(14-10-24)38-28-15-11-26(12-16-28)33-39(2,36)37/h4-16,25,29,32-33H,3,17-22H2,1-2H3,(H,31,35). The third-order valence-corrected chi connectivity index (χ3v) is 7.39. The SMILES string of the molecule is CCC(NC1CCN(Cc2ccc(Oc3ccc(NS(C)(=O)=O)cc3)cc2)CC1)C(=O)NCc1ccccc1. The van der Waals surface area contributed by atoms with Gasteiger partial charge < -0.3 is 15.4 Å². The van der Waals surface area contributed by atoms with Gasteiger partial charge >= 0.3 is 0 Å². The maximum absolute atomic E-state index is 12.7. The summed E-state index contributed by atoms with van der Waals surface area (Å²) in [5, 5.41) is 6.65. The number of hydrogen-bond acceptors (Lipinski definition) is 6. The molecule has 0 radical (unpaired) electrons. The fourth-order valence-electron chi connectivity index (χ4n) is 4.69. The minimum absolute atomic E-state index is 0.0626. The molecule has 39 heavy (non-hydrogen) atoms. The quantitative estimate of drug-likeness (QED) is 0.307. The highest BCUT2D eigenvalue weighted by molar-refractivity contribution is 7.92. The Labute approximate surface area is 231 Å². The summed E-state index contributed by atoms with van der Waals surface area (Å²) in [4.78, 5) is 15.2. The van der Waals surface area contributed by atoms with Gasteiger partial charge in [0.25, 0.3) is 0 Å². The summed E-state index contributed by atoms with van der Waals surface area (Å²) >= 11 is 0. The van der Waals surface area contributed by atoms with Crippen LogP contribution in [0.3, 0.4) is 0 Å². The van der Waals surface area contributed by atoms with Crippen LogP contribution in [0.4, 0.5) is 5.69 Å². The van der Waals surface area contributed by atoms with Crippen LogP contribution in [0.5, 0.6) is 11.5 Å². The number of rotatable bonds is 12. The van der Waals surface area contributed by atoms with Gasteiger partial charge in [0, 0.05) is 24.8 Å². The lowest BCUT2D eigenvalue weighted by Gasteiger charge is -2.34. The molecule has 0 aliphatic carbocycles. The van der Waals surface area contributed by atoms with Crippen LogP contribution in [-0.2, 0) is 27.9 Å². The first kappa shape index (κ1) is 28.6. The zero-order valence-electron chi connectivity index (χ0n) is 22.6. The van der Waals surface area contributed by atoms with Gasteiger partial charge in [0.2, 0.25) is 15.9 Å². The topological polar surface area (TPSA) is 99.8 Å². The number of hydrogen-bond donors (Lipinski definition) is 3. The molecule has 1 atom stereocenters. The van der Waals surface area contributed by atoms with Crippen LogP contribution >= 0.6 is 0 Å². The first-order valence-electron chi connectivity index (χ1n) is 13.4. The van der Waals surface area contributed by atoms with Gasteiger partial charge in [-0.05, 0) is 79.9 Å². The molecule has 1 aliphatic heterocycles. The van der Waals surface area contributed by atoms with Crippen molar-refractivity contribution in [3.05, 3.63) is 90.0 Å². The highest BCUT2D eigenvalue weighted by Crippen LogP contribution is 2.24. The molecule has 0 spiro atoms. The van der Waals surface area contributed by atoms with Crippen molar-refractivity contribution >= 4 is 21.6 Å². The first-order valence-corrected chi connectivity index (χ1v) is 15.3. The van der Waals surface area contributed by atoms with E-state index in [1.807, 2.05) is 49.4 Å². The normalized spacial score (nSPS) is 15.4. The molecule has 1 unspecified atom stereocenters. The predicted octanol–water partition coefficient (Wildman–Crippen LogP) is 4.50. The Hall–Kier alpha value is -3.40. The number of sulfonamides is 1. The van der Waals surface area contributed by atoms with Crippen LogP contribution in [0.1, 0.15) is 37.3 Å². The lowest BCUT2D eigenvalue weighted by molar-refractivity contribution is -0.123. The van der Waals surface area contributed by atoms with Crippen molar-refractivity contribution < 1.29 is 17.9 Å². The van der Waals surface area contributed by atoms with E-state index in [-0.39, 0.29) is 11.9 Å². The number of ether oxygens (including phenoxy) is 1. The monoisotopic (exact) mass is 550 g/mol. The van der Waals surface area contributed by atoms with E-state index in [0.29, 0.717) is 24.0 Å². The van der Waals surface area contributed by atoms with Gasteiger partial charge in [0.05, 0.1) is 12.3 Å². The van der Waals surface area contributed by atoms with E-state index >= 15 is 0 Å². The van der Waals surface area contributed by atoms with Crippen LogP contribution in [-0.4, -0.2) is 50.7 Å². The van der Waals surface area contributed by atoms with Crippen LogP contribution in [0, 0.1) is 0 Å². The first-order chi connectivity index (χ1) is 18.8. The maximum Gasteiger partial charge on any atom is 0.237 e. The van der Waals surface area contributed by atoms with Crippen molar-refractivity contribution in [2.24, 2.45) is 0 Å². The molecule has 3 aromatic carbocycles. The molecule has 0 saturated carbocycles. The Morgan fingerprint density at radius 2 is 1.54 bits per heavy atom. The summed E-state index contributed by atoms with van der Waals surface area (Å²) in [6, 6.07) is 25.0. The van der Waals surface area contributed by atoms with E-state index in [1.165, 1.54) is 5.56 Å². The molecule has 3 aromatic rings. The number of nitrogens with zero attached hydrogens (tertiary/aromatic N) is 1. The molecule has 9 heteroatoms. The van der Waals surface area contributed by atoms with E-state index in [1.54, 1.807) is 24.3 Å². The molecule has 208 valence electrons. The number of carbonyl (C=O) groups excluding carboxylic acids is 1. The van der Waals surface area contributed by atoms with Crippen molar-refractivity contribution in [3.8, 4) is 11.5 Å². The predicted molar refractivity (Wildman–Crippen MR) is 155 cm³/mol. The second-order valence-electron chi connectivity index (χ2n) is 10.0. The smallest absolute Gasteiger partial charge is 0.237 e. The third-order valence-electron chi connectivity index (χ3n) is 6.78. The van der Waals surface area contributed by atoms with Crippen molar-refractivity contribution in [1.29, 1.82) is 0 Å². The van der Waals surface area contributed by atoms with Gasteiger partial charge in [0.15, 0.2) is 0 Å². The molecule has 1 heterocycles. The van der Waals surface area contributed by atoms with E-state index < -0.39 is 10.0 Å². The molecule has 1 aliphatic rings. The largest absolute Gasteiger partial charge is 0.457 e. The number of amides is 1. The van der Waals surface area contributed by atoms with Gasteiger partial charge in [-0.25, -0.2) is 8.42 Å². The van der Waals surface area contributed by atoms with Crippen molar-refractivity contribution in [3.63, 3.8) is 0 Å². The molecule has 0 bridgehead atoms. The van der Waals surface area contributed by atoms with Crippen LogP contribution < -0.4 is 20.1 Å². The molecule has 3 N–H and O–H groups in total. The van der Waals surface area contributed by atoms with Crippen molar-refractivity contribution in [1.82, 2.24) is 15.5 Å². The van der Waals surface area contributed by atoms with Crippen molar-refractivity contribution in [2.45, 2.75) is 51.4 Å². The summed E-state index contributed by atoms with van der Waals surface area (Å²) in [5.74, 6) is 1.42. The lowest BCUT2D eigenvalue weighted by Crippen LogP contribution is -2.51. The number of carbonyl (C=O) groups is 1. The Balaban J connectivity index is 1.19. The third kappa shape index (κ3) is 9.38.